The van der Waals surface area contributed by atoms with Gasteiger partial charge in [-0.15, -0.1) is 0 Å². The summed E-state index contributed by atoms with van der Waals surface area (Å²) in [5.74, 6) is 0.390. The molecule has 4 nitrogen and oxygen atoms in total. The number of carbonyl (C=O) groups is 1. The summed E-state index contributed by atoms with van der Waals surface area (Å²) < 4.78 is 6.50. The topological polar surface area (TPSA) is 49.8 Å². The molecule has 1 aromatic carbocycles. The van der Waals surface area contributed by atoms with E-state index in [4.69, 9.17) is 9.84 Å². The number of halogens is 1. The lowest BCUT2D eigenvalue weighted by Gasteiger charge is -2.19. The Bertz CT molecular complexity index is 421. The average Bonchev–Trinajstić information content (AvgIpc) is 2.28. The Kier molecular flexibility index (Phi) is 5.62. The summed E-state index contributed by atoms with van der Waals surface area (Å²) in [5.41, 5.74) is 0.503. The molecule has 0 atom stereocenters. The molecule has 1 N–H and O–H groups in total. The number of aliphatic hydroxyl groups excluding tert-OH is 1. The molecule has 0 spiro atoms. The third-order valence-electron chi connectivity index (χ3n) is 2.32. The number of hydrogen-bond donors (Lipinski definition) is 1. The van der Waals surface area contributed by atoms with Gasteiger partial charge in [0, 0.05) is 18.1 Å². The van der Waals surface area contributed by atoms with Crippen LogP contribution in [-0.4, -0.2) is 42.2 Å². The van der Waals surface area contributed by atoms with Crippen molar-refractivity contribution in [3.05, 3.63) is 28.2 Å². The lowest BCUT2D eigenvalue weighted by molar-refractivity contribution is 0.0761. The van der Waals surface area contributed by atoms with E-state index in [1.165, 1.54) is 4.90 Å². The van der Waals surface area contributed by atoms with Gasteiger partial charge in [-0.05, 0) is 32.0 Å². The summed E-state index contributed by atoms with van der Waals surface area (Å²) in [7, 11) is 1.65. The monoisotopic (exact) mass is 315 g/mol. The first-order valence-corrected chi connectivity index (χ1v) is 6.57. The number of aliphatic hydroxyl groups is 1. The van der Waals surface area contributed by atoms with Gasteiger partial charge in [0.25, 0.3) is 5.91 Å². The summed E-state index contributed by atoms with van der Waals surface area (Å²) in [6, 6.07) is 5.30. The van der Waals surface area contributed by atoms with Gasteiger partial charge in [-0.1, -0.05) is 15.9 Å². The second kappa shape index (κ2) is 6.75. The molecule has 0 bridgehead atoms. The summed E-state index contributed by atoms with van der Waals surface area (Å²) in [4.78, 5) is 13.6. The normalized spacial score (nSPS) is 10.6. The van der Waals surface area contributed by atoms with Crippen LogP contribution in [0.15, 0.2) is 22.7 Å². The lowest BCUT2D eigenvalue weighted by atomic mass is 10.1. The molecule has 100 valence electrons. The van der Waals surface area contributed by atoms with Gasteiger partial charge in [0.05, 0.1) is 18.3 Å². The third kappa shape index (κ3) is 3.99. The van der Waals surface area contributed by atoms with Crippen LogP contribution in [0, 0.1) is 0 Å². The standard InChI is InChI=1S/C13H18BrNO3/c1-9(2)18-12-8-10(14)4-5-11(12)13(17)15(3)6-7-16/h4-5,8-9,16H,6-7H2,1-3H3. The molecule has 0 fully saturated rings. The van der Waals surface area contributed by atoms with Crippen LogP contribution in [0.1, 0.15) is 24.2 Å². The zero-order chi connectivity index (χ0) is 13.7. The Balaban J connectivity index is 3.03. The van der Waals surface area contributed by atoms with E-state index in [2.05, 4.69) is 15.9 Å². The first kappa shape index (κ1) is 15.0. The molecule has 0 heterocycles. The molecule has 0 unspecified atom stereocenters. The fourth-order valence-electron chi connectivity index (χ4n) is 1.48. The molecule has 1 amide bonds. The van der Waals surface area contributed by atoms with E-state index in [0.29, 0.717) is 17.9 Å². The van der Waals surface area contributed by atoms with Gasteiger partial charge in [0.15, 0.2) is 0 Å². The SMILES string of the molecule is CC(C)Oc1cc(Br)ccc1C(=O)N(C)CCO. The molecule has 18 heavy (non-hydrogen) atoms. The van der Waals surface area contributed by atoms with Gasteiger partial charge < -0.3 is 14.7 Å². The maximum atomic E-state index is 12.2. The highest BCUT2D eigenvalue weighted by molar-refractivity contribution is 9.10. The Labute approximate surface area is 116 Å². The Morgan fingerprint density at radius 3 is 2.72 bits per heavy atom. The van der Waals surface area contributed by atoms with Gasteiger partial charge in [-0.25, -0.2) is 0 Å². The van der Waals surface area contributed by atoms with E-state index in [0.717, 1.165) is 4.47 Å². The number of hydrogen-bond acceptors (Lipinski definition) is 3. The van der Waals surface area contributed by atoms with Crippen LogP contribution >= 0.6 is 15.9 Å². The van der Waals surface area contributed by atoms with Gasteiger partial charge in [-0.3, -0.25) is 4.79 Å². The molecule has 0 aliphatic rings. The molecule has 0 aliphatic heterocycles. The largest absolute Gasteiger partial charge is 0.490 e. The summed E-state index contributed by atoms with van der Waals surface area (Å²) in [5, 5.41) is 8.86. The third-order valence-corrected chi connectivity index (χ3v) is 2.81. The second-order valence-electron chi connectivity index (χ2n) is 4.26. The van der Waals surface area contributed by atoms with Gasteiger partial charge in [0.2, 0.25) is 0 Å². The number of benzene rings is 1. The predicted octanol–water partition coefficient (Wildman–Crippen LogP) is 2.30. The Hall–Kier alpha value is -1.07. The summed E-state index contributed by atoms with van der Waals surface area (Å²) >= 11 is 3.36. The smallest absolute Gasteiger partial charge is 0.257 e. The highest BCUT2D eigenvalue weighted by atomic mass is 79.9. The van der Waals surface area contributed by atoms with Crippen molar-refractivity contribution < 1.29 is 14.6 Å². The zero-order valence-corrected chi connectivity index (χ0v) is 12.4. The molecule has 1 rings (SSSR count). The van der Waals surface area contributed by atoms with Crippen LogP contribution in [0.25, 0.3) is 0 Å². The Morgan fingerprint density at radius 2 is 2.17 bits per heavy atom. The molecule has 0 radical (unpaired) electrons. The first-order chi connectivity index (χ1) is 8.45. The fourth-order valence-corrected chi connectivity index (χ4v) is 1.82. The van der Waals surface area contributed by atoms with E-state index < -0.39 is 0 Å². The number of ether oxygens (including phenoxy) is 1. The van der Waals surface area contributed by atoms with Crippen molar-refractivity contribution in [3.63, 3.8) is 0 Å². The van der Waals surface area contributed by atoms with Crippen molar-refractivity contribution in [2.24, 2.45) is 0 Å². The molecule has 0 saturated carbocycles. The quantitative estimate of drug-likeness (QED) is 0.907. The predicted molar refractivity (Wildman–Crippen MR) is 74.0 cm³/mol. The highest BCUT2D eigenvalue weighted by Gasteiger charge is 2.17. The molecule has 0 aromatic heterocycles. The second-order valence-corrected chi connectivity index (χ2v) is 5.17. The van der Waals surface area contributed by atoms with Crippen molar-refractivity contribution in [2.45, 2.75) is 20.0 Å². The van der Waals surface area contributed by atoms with Crippen molar-refractivity contribution in [1.29, 1.82) is 0 Å². The van der Waals surface area contributed by atoms with Crippen molar-refractivity contribution in [2.75, 3.05) is 20.2 Å². The summed E-state index contributed by atoms with van der Waals surface area (Å²) in [6.07, 6.45) is -0.00556. The van der Waals surface area contributed by atoms with E-state index >= 15 is 0 Å². The minimum atomic E-state index is -0.160. The number of carbonyl (C=O) groups excluding carboxylic acids is 1. The van der Waals surface area contributed by atoms with Crippen molar-refractivity contribution in [1.82, 2.24) is 4.90 Å². The Morgan fingerprint density at radius 1 is 1.50 bits per heavy atom. The van der Waals surface area contributed by atoms with Crippen LogP contribution in [-0.2, 0) is 0 Å². The van der Waals surface area contributed by atoms with E-state index in [1.54, 1.807) is 25.2 Å². The minimum absolute atomic E-state index is 0.00556. The first-order valence-electron chi connectivity index (χ1n) is 5.78. The maximum Gasteiger partial charge on any atom is 0.257 e. The van der Waals surface area contributed by atoms with Crippen molar-refractivity contribution >= 4 is 21.8 Å². The van der Waals surface area contributed by atoms with E-state index in [-0.39, 0.29) is 18.6 Å². The summed E-state index contributed by atoms with van der Waals surface area (Å²) in [6.45, 7) is 4.06. The zero-order valence-electron chi connectivity index (χ0n) is 10.8. The number of nitrogens with zero attached hydrogens (tertiary/aromatic N) is 1. The molecular weight excluding hydrogens is 298 g/mol. The van der Waals surface area contributed by atoms with Crippen LogP contribution in [0.2, 0.25) is 0 Å². The maximum absolute atomic E-state index is 12.2. The fraction of sp³-hybridized carbons (Fsp3) is 0.462. The van der Waals surface area contributed by atoms with Gasteiger partial charge in [-0.2, -0.15) is 0 Å². The molecular formula is C13H18BrNO3. The molecule has 0 aliphatic carbocycles. The van der Waals surface area contributed by atoms with Crippen molar-refractivity contribution in [3.8, 4) is 5.75 Å². The van der Waals surface area contributed by atoms with Gasteiger partial charge in [0.1, 0.15) is 5.75 Å². The molecule has 1 aromatic rings. The lowest BCUT2D eigenvalue weighted by Crippen LogP contribution is -2.30. The number of rotatable bonds is 5. The minimum Gasteiger partial charge on any atom is -0.490 e. The number of amides is 1. The molecule has 5 heteroatoms. The molecule has 0 saturated heterocycles. The van der Waals surface area contributed by atoms with Crippen LogP contribution in [0.3, 0.4) is 0 Å². The van der Waals surface area contributed by atoms with E-state index in [1.807, 2.05) is 13.8 Å². The number of likely N-dealkylation sites (N-methyl/N-ethyl adjacent to an activating group) is 1. The van der Waals surface area contributed by atoms with E-state index in [9.17, 15) is 4.79 Å². The van der Waals surface area contributed by atoms with Crippen LogP contribution in [0.4, 0.5) is 0 Å². The average molecular weight is 316 g/mol. The van der Waals surface area contributed by atoms with Gasteiger partial charge >= 0.3 is 0 Å². The van der Waals surface area contributed by atoms with Crippen LogP contribution in [0.5, 0.6) is 5.75 Å². The van der Waals surface area contributed by atoms with Crippen LogP contribution < -0.4 is 4.74 Å². The highest BCUT2D eigenvalue weighted by Crippen LogP contribution is 2.25.